The third kappa shape index (κ3) is 6.82. The quantitative estimate of drug-likeness (QED) is 0.587. The topological polar surface area (TPSA) is 94.5 Å². The number of ether oxygens (including phenoxy) is 1. The number of nitriles is 1. The van der Waals surface area contributed by atoms with Gasteiger partial charge in [0.15, 0.2) is 0 Å². The van der Waals surface area contributed by atoms with Crippen molar-refractivity contribution < 1.29 is 14.3 Å². The van der Waals surface area contributed by atoms with Gasteiger partial charge in [0.2, 0.25) is 5.91 Å². The monoisotopic (exact) mass is 462 g/mol. The summed E-state index contributed by atoms with van der Waals surface area (Å²) in [6, 6.07) is 20.7. The largest absolute Gasteiger partial charge is 0.445 e. The van der Waals surface area contributed by atoms with E-state index in [4.69, 9.17) is 4.74 Å². The molecule has 1 heterocycles. The molecule has 0 spiro atoms. The normalized spacial score (nSPS) is 15.7. The molecule has 0 saturated carbocycles. The standard InChI is InChI=1S/C27H34N4O3/c1-21(2)17-24(30-26(33)34-19-23-11-7-4-8-12-23)25(32)31(18-22-9-5-3-6-10-22)27(20-28)13-15-29-16-14-27/h3-12,21,24,29H,13-19H2,1-2H3,(H,30,33). The van der Waals surface area contributed by atoms with Gasteiger partial charge in [-0.3, -0.25) is 4.79 Å². The fourth-order valence-electron chi connectivity index (χ4n) is 4.28. The molecule has 7 heteroatoms. The van der Waals surface area contributed by atoms with Gasteiger partial charge in [-0.15, -0.1) is 0 Å². The molecule has 0 aromatic heterocycles. The smallest absolute Gasteiger partial charge is 0.408 e. The minimum atomic E-state index is -0.928. The number of rotatable bonds is 9. The van der Waals surface area contributed by atoms with Gasteiger partial charge in [-0.2, -0.15) is 5.26 Å². The van der Waals surface area contributed by atoms with Gasteiger partial charge >= 0.3 is 6.09 Å². The molecule has 1 unspecified atom stereocenters. The molecule has 0 radical (unpaired) electrons. The Kier molecular flexibility index (Phi) is 9.06. The van der Waals surface area contributed by atoms with Crippen LogP contribution in [0.25, 0.3) is 0 Å². The SMILES string of the molecule is CC(C)CC(NC(=O)OCc1ccccc1)C(=O)N(Cc1ccccc1)C1(C#N)CCNCC1. The molecule has 2 amide bonds. The first-order chi connectivity index (χ1) is 16.4. The van der Waals surface area contributed by atoms with Crippen LogP contribution in [0.3, 0.4) is 0 Å². The Labute approximate surface area is 202 Å². The number of hydrogen-bond donors (Lipinski definition) is 2. The molecule has 3 rings (SSSR count). The predicted molar refractivity (Wildman–Crippen MR) is 130 cm³/mol. The number of carbonyl (C=O) groups is 2. The van der Waals surface area contributed by atoms with Crippen molar-refractivity contribution in [2.45, 2.75) is 57.8 Å². The number of nitrogens with one attached hydrogen (secondary N) is 2. The van der Waals surface area contributed by atoms with Crippen LogP contribution in [0, 0.1) is 17.2 Å². The van der Waals surface area contributed by atoms with Crippen molar-refractivity contribution in [2.75, 3.05) is 13.1 Å². The maximum Gasteiger partial charge on any atom is 0.408 e. The molecule has 1 saturated heterocycles. The first-order valence-corrected chi connectivity index (χ1v) is 11.9. The highest BCUT2D eigenvalue weighted by molar-refractivity contribution is 5.86. The van der Waals surface area contributed by atoms with E-state index in [1.54, 1.807) is 4.90 Å². The van der Waals surface area contributed by atoms with Crippen molar-refractivity contribution >= 4 is 12.0 Å². The summed E-state index contributed by atoms with van der Waals surface area (Å²) in [7, 11) is 0. The first kappa shape index (κ1) is 25.3. The van der Waals surface area contributed by atoms with Crippen LogP contribution in [-0.4, -0.2) is 41.6 Å². The number of benzene rings is 2. The van der Waals surface area contributed by atoms with E-state index in [0.717, 1.165) is 11.1 Å². The predicted octanol–water partition coefficient (Wildman–Crippen LogP) is 4.00. The summed E-state index contributed by atoms with van der Waals surface area (Å²) in [6.07, 6.45) is 0.882. The lowest BCUT2D eigenvalue weighted by molar-refractivity contribution is -0.140. The van der Waals surface area contributed by atoms with Crippen LogP contribution >= 0.6 is 0 Å². The van der Waals surface area contributed by atoms with E-state index in [1.807, 2.05) is 74.5 Å². The average Bonchev–Trinajstić information content (AvgIpc) is 2.86. The van der Waals surface area contributed by atoms with E-state index in [2.05, 4.69) is 16.7 Å². The lowest BCUT2D eigenvalue weighted by Crippen LogP contribution is -2.60. The minimum absolute atomic E-state index is 0.122. The number of carbonyl (C=O) groups excluding carboxylic acids is 2. The van der Waals surface area contributed by atoms with Gasteiger partial charge < -0.3 is 20.3 Å². The first-order valence-electron chi connectivity index (χ1n) is 11.9. The van der Waals surface area contributed by atoms with Crippen molar-refractivity contribution in [1.29, 1.82) is 5.26 Å². The Balaban J connectivity index is 1.81. The number of alkyl carbamates (subject to hydrolysis) is 1. The molecule has 0 aliphatic carbocycles. The molecule has 1 atom stereocenters. The molecule has 1 aliphatic heterocycles. The molecule has 1 aliphatic rings. The zero-order valence-corrected chi connectivity index (χ0v) is 20.0. The van der Waals surface area contributed by atoms with Gasteiger partial charge in [0.25, 0.3) is 0 Å². The second kappa shape index (κ2) is 12.2. The molecular formula is C27H34N4O3. The second-order valence-electron chi connectivity index (χ2n) is 9.19. The number of nitrogens with zero attached hydrogens (tertiary/aromatic N) is 2. The van der Waals surface area contributed by atoms with E-state index < -0.39 is 17.7 Å². The highest BCUT2D eigenvalue weighted by atomic mass is 16.5. The van der Waals surface area contributed by atoms with Crippen molar-refractivity contribution in [3.63, 3.8) is 0 Å². The van der Waals surface area contributed by atoms with Crippen LogP contribution in [0.5, 0.6) is 0 Å². The lowest BCUT2D eigenvalue weighted by atomic mass is 9.86. The number of hydrogen-bond acceptors (Lipinski definition) is 5. The van der Waals surface area contributed by atoms with Crippen LogP contribution in [0.4, 0.5) is 4.79 Å². The maximum absolute atomic E-state index is 13.9. The van der Waals surface area contributed by atoms with Crippen LogP contribution < -0.4 is 10.6 Å². The van der Waals surface area contributed by atoms with E-state index >= 15 is 0 Å². The van der Waals surface area contributed by atoms with Gasteiger partial charge in [0, 0.05) is 6.54 Å². The average molecular weight is 463 g/mol. The molecule has 0 bridgehead atoms. The Bertz CT molecular complexity index is 966. The van der Waals surface area contributed by atoms with Gasteiger partial charge in [-0.1, -0.05) is 74.5 Å². The Morgan fingerprint density at radius 3 is 2.21 bits per heavy atom. The van der Waals surface area contributed by atoms with E-state index in [1.165, 1.54) is 0 Å². The van der Waals surface area contributed by atoms with E-state index in [-0.39, 0.29) is 18.4 Å². The van der Waals surface area contributed by atoms with Crippen molar-refractivity contribution in [1.82, 2.24) is 15.5 Å². The summed E-state index contributed by atoms with van der Waals surface area (Å²) in [5.41, 5.74) is 0.885. The lowest BCUT2D eigenvalue weighted by Gasteiger charge is -2.43. The molecule has 7 nitrogen and oxygen atoms in total. The van der Waals surface area contributed by atoms with Gasteiger partial charge in [-0.25, -0.2) is 4.79 Å². The van der Waals surface area contributed by atoms with Crippen LogP contribution in [0.15, 0.2) is 60.7 Å². The third-order valence-corrected chi connectivity index (χ3v) is 6.12. The fourth-order valence-corrected chi connectivity index (χ4v) is 4.28. The second-order valence-corrected chi connectivity index (χ2v) is 9.19. The van der Waals surface area contributed by atoms with Gasteiger partial charge in [0.05, 0.1) is 6.07 Å². The molecule has 2 aromatic carbocycles. The summed E-state index contributed by atoms with van der Waals surface area (Å²) in [4.78, 5) is 28.3. The summed E-state index contributed by atoms with van der Waals surface area (Å²) in [5.74, 6) is -0.0920. The summed E-state index contributed by atoms with van der Waals surface area (Å²) < 4.78 is 5.39. The maximum atomic E-state index is 13.9. The molecule has 2 aromatic rings. The molecular weight excluding hydrogens is 428 g/mol. The summed E-state index contributed by atoms with van der Waals surface area (Å²) in [5, 5.41) is 16.3. The van der Waals surface area contributed by atoms with Crippen LogP contribution in [0.1, 0.15) is 44.2 Å². The van der Waals surface area contributed by atoms with Crippen molar-refractivity contribution in [2.24, 2.45) is 5.92 Å². The van der Waals surface area contributed by atoms with E-state index in [9.17, 15) is 14.9 Å². The Morgan fingerprint density at radius 1 is 1.06 bits per heavy atom. The summed E-state index contributed by atoms with van der Waals surface area (Å²) >= 11 is 0. The van der Waals surface area contributed by atoms with Crippen LogP contribution in [0.2, 0.25) is 0 Å². The van der Waals surface area contributed by atoms with E-state index in [0.29, 0.717) is 38.9 Å². The minimum Gasteiger partial charge on any atom is -0.445 e. The third-order valence-electron chi connectivity index (χ3n) is 6.12. The van der Waals surface area contributed by atoms with Crippen molar-refractivity contribution in [3.05, 3.63) is 71.8 Å². The molecule has 1 fully saturated rings. The highest BCUT2D eigenvalue weighted by Gasteiger charge is 2.43. The zero-order valence-electron chi connectivity index (χ0n) is 20.0. The van der Waals surface area contributed by atoms with Crippen LogP contribution in [-0.2, 0) is 22.7 Å². The van der Waals surface area contributed by atoms with Crippen molar-refractivity contribution in [3.8, 4) is 6.07 Å². The van der Waals surface area contributed by atoms with Gasteiger partial charge in [0.1, 0.15) is 18.2 Å². The van der Waals surface area contributed by atoms with Gasteiger partial charge in [-0.05, 0) is 49.4 Å². The highest BCUT2D eigenvalue weighted by Crippen LogP contribution is 2.29. The Hall–Kier alpha value is -3.37. The summed E-state index contributed by atoms with van der Waals surface area (Å²) in [6.45, 7) is 5.76. The molecule has 34 heavy (non-hydrogen) atoms. The number of amides is 2. The zero-order chi connectivity index (χ0) is 24.4. The fraction of sp³-hybridized carbons (Fsp3) is 0.444. The Morgan fingerprint density at radius 2 is 1.65 bits per heavy atom. The number of piperidine rings is 1. The molecule has 2 N–H and O–H groups in total. The molecule has 180 valence electrons.